The summed E-state index contributed by atoms with van der Waals surface area (Å²) in [5.41, 5.74) is 0. The molecule has 0 aliphatic rings. The van der Waals surface area contributed by atoms with Crippen LogP contribution < -0.4 is 0 Å². The lowest BCUT2D eigenvalue weighted by Gasteiger charge is -2.08. The number of hydrogen-bond donors (Lipinski definition) is 1. The van der Waals surface area contributed by atoms with Crippen LogP contribution in [0.25, 0.3) is 0 Å². The van der Waals surface area contributed by atoms with Crippen molar-refractivity contribution in [2.45, 2.75) is 20.1 Å². The van der Waals surface area contributed by atoms with Gasteiger partial charge in [-0.1, -0.05) is 0 Å². The number of ether oxygens (including phenoxy) is 2. The van der Waals surface area contributed by atoms with Crippen LogP contribution >= 0.6 is 0 Å². The SMILES string of the molecule is CCOCC(O)OCC. The molecule has 3 heteroatoms. The van der Waals surface area contributed by atoms with Crippen molar-refractivity contribution in [2.24, 2.45) is 0 Å². The summed E-state index contributed by atoms with van der Waals surface area (Å²) in [7, 11) is 0. The van der Waals surface area contributed by atoms with Crippen molar-refractivity contribution in [3.8, 4) is 0 Å². The van der Waals surface area contributed by atoms with Gasteiger partial charge >= 0.3 is 0 Å². The van der Waals surface area contributed by atoms with E-state index in [1.54, 1.807) is 0 Å². The van der Waals surface area contributed by atoms with Gasteiger partial charge < -0.3 is 14.6 Å². The fourth-order valence-corrected chi connectivity index (χ4v) is 0.459. The predicted octanol–water partition coefficient (Wildman–Crippen LogP) is 0.378. The van der Waals surface area contributed by atoms with Crippen LogP contribution in [0.15, 0.2) is 0 Å². The second kappa shape index (κ2) is 6.01. The highest BCUT2D eigenvalue weighted by Crippen LogP contribution is 1.86. The molecular weight excluding hydrogens is 120 g/mol. The standard InChI is InChI=1S/C6H14O3/c1-3-8-5-6(7)9-4-2/h6-7H,3-5H2,1-2H3. The Morgan fingerprint density at radius 2 is 2.00 bits per heavy atom. The molecule has 0 aliphatic carbocycles. The minimum atomic E-state index is -0.755. The van der Waals surface area contributed by atoms with E-state index in [9.17, 15) is 0 Å². The highest BCUT2D eigenvalue weighted by atomic mass is 16.6. The molecule has 9 heavy (non-hydrogen) atoms. The molecule has 0 amide bonds. The molecule has 0 rings (SSSR count). The normalized spacial score (nSPS) is 13.7. The van der Waals surface area contributed by atoms with Crippen molar-refractivity contribution in [2.75, 3.05) is 19.8 Å². The molecule has 1 unspecified atom stereocenters. The van der Waals surface area contributed by atoms with Gasteiger partial charge in [0.05, 0.1) is 6.61 Å². The van der Waals surface area contributed by atoms with Gasteiger partial charge in [-0.25, -0.2) is 0 Å². The van der Waals surface area contributed by atoms with E-state index < -0.39 is 6.29 Å². The molecule has 0 saturated carbocycles. The predicted molar refractivity (Wildman–Crippen MR) is 34.1 cm³/mol. The van der Waals surface area contributed by atoms with Gasteiger partial charge in [0.15, 0.2) is 6.29 Å². The summed E-state index contributed by atoms with van der Waals surface area (Å²) >= 11 is 0. The Morgan fingerprint density at radius 1 is 1.33 bits per heavy atom. The van der Waals surface area contributed by atoms with Crippen LogP contribution in [-0.2, 0) is 9.47 Å². The molecule has 0 aromatic carbocycles. The van der Waals surface area contributed by atoms with E-state index in [1.807, 2.05) is 13.8 Å². The zero-order valence-corrected chi connectivity index (χ0v) is 5.96. The van der Waals surface area contributed by atoms with Crippen LogP contribution in [0.5, 0.6) is 0 Å². The summed E-state index contributed by atoms with van der Waals surface area (Å²) in [4.78, 5) is 0. The Balaban J connectivity index is 2.95. The monoisotopic (exact) mass is 134 g/mol. The molecule has 0 saturated heterocycles. The lowest BCUT2D eigenvalue weighted by atomic mass is 10.6. The molecule has 3 nitrogen and oxygen atoms in total. The Hall–Kier alpha value is -0.120. The van der Waals surface area contributed by atoms with Gasteiger partial charge in [0.2, 0.25) is 0 Å². The quantitative estimate of drug-likeness (QED) is 0.552. The van der Waals surface area contributed by atoms with Gasteiger partial charge in [-0.3, -0.25) is 0 Å². The first-order chi connectivity index (χ1) is 4.31. The second-order valence-corrected chi connectivity index (χ2v) is 1.57. The molecule has 0 aliphatic heterocycles. The third kappa shape index (κ3) is 5.76. The van der Waals surface area contributed by atoms with E-state index in [4.69, 9.17) is 14.6 Å². The van der Waals surface area contributed by atoms with Crippen LogP contribution in [0.2, 0.25) is 0 Å². The first kappa shape index (κ1) is 8.88. The smallest absolute Gasteiger partial charge is 0.178 e. The Morgan fingerprint density at radius 3 is 2.44 bits per heavy atom. The lowest BCUT2D eigenvalue weighted by Crippen LogP contribution is -2.18. The van der Waals surface area contributed by atoms with Crippen molar-refractivity contribution in [1.82, 2.24) is 0 Å². The third-order valence-electron chi connectivity index (χ3n) is 0.824. The highest BCUT2D eigenvalue weighted by Gasteiger charge is 1.99. The minimum Gasteiger partial charge on any atom is -0.376 e. The summed E-state index contributed by atoms with van der Waals surface area (Å²) in [6, 6.07) is 0. The summed E-state index contributed by atoms with van der Waals surface area (Å²) < 4.78 is 9.65. The number of hydrogen-bond acceptors (Lipinski definition) is 3. The van der Waals surface area contributed by atoms with Crippen molar-refractivity contribution >= 4 is 0 Å². The van der Waals surface area contributed by atoms with Crippen molar-refractivity contribution in [3.05, 3.63) is 0 Å². The van der Waals surface area contributed by atoms with E-state index in [1.165, 1.54) is 0 Å². The number of aliphatic hydroxyl groups is 1. The van der Waals surface area contributed by atoms with Gasteiger partial charge in [-0.05, 0) is 13.8 Å². The highest BCUT2D eigenvalue weighted by molar-refractivity contribution is 4.34. The summed E-state index contributed by atoms with van der Waals surface area (Å²) in [5, 5.41) is 8.83. The molecular formula is C6H14O3. The van der Waals surface area contributed by atoms with E-state index in [-0.39, 0.29) is 6.61 Å². The van der Waals surface area contributed by atoms with Gasteiger partial charge in [0, 0.05) is 13.2 Å². The summed E-state index contributed by atoms with van der Waals surface area (Å²) in [6.45, 7) is 5.11. The number of aliphatic hydroxyl groups excluding tert-OH is 1. The molecule has 56 valence electrons. The lowest BCUT2D eigenvalue weighted by molar-refractivity contribution is -0.133. The summed E-state index contributed by atoms with van der Waals surface area (Å²) in [5.74, 6) is 0. The number of rotatable bonds is 5. The maximum Gasteiger partial charge on any atom is 0.178 e. The summed E-state index contributed by atoms with van der Waals surface area (Å²) in [6.07, 6.45) is -0.755. The molecule has 0 radical (unpaired) electrons. The molecule has 0 aromatic rings. The maximum atomic E-state index is 8.83. The molecule has 0 spiro atoms. The zero-order valence-electron chi connectivity index (χ0n) is 5.96. The van der Waals surface area contributed by atoms with Crippen LogP contribution in [0.1, 0.15) is 13.8 Å². The van der Waals surface area contributed by atoms with Crippen LogP contribution in [0.3, 0.4) is 0 Å². The first-order valence-corrected chi connectivity index (χ1v) is 3.18. The maximum absolute atomic E-state index is 8.83. The van der Waals surface area contributed by atoms with E-state index in [0.29, 0.717) is 13.2 Å². The molecule has 0 bridgehead atoms. The molecule has 0 fully saturated rings. The van der Waals surface area contributed by atoms with E-state index in [0.717, 1.165) is 0 Å². The van der Waals surface area contributed by atoms with Crippen molar-refractivity contribution in [3.63, 3.8) is 0 Å². The first-order valence-electron chi connectivity index (χ1n) is 3.18. The van der Waals surface area contributed by atoms with E-state index in [2.05, 4.69) is 0 Å². The molecule has 1 atom stereocenters. The van der Waals surface area contributed by atoms with Crippen LogP contribution in [-0.4, -0.2) is 31.2 Å². The Bertz CT molecular complexity index is 56.3. The largest absolute Gasteiger partial charge is 0.376 e. The van der Waals surface area contributed by atoms with Gasteiger partial charge in [0.25, 0.3) is 0 Å². The fourth-order valence-electron chi connectivity index (χ4n) is 0.459. The zero-order chi connectivity index (χ0) is 7.11. The van der Waals surface area contributed by atoms with Gasteiger partial charge in [-0.2, -0.15) is 0 Å². The minimum absolute atomic E-state index is 0.268. The molecule has 1 N–H and O–H groups in total. The average Bonchev–Trinajstić information content (AvgIpc) is 1.85. The second-order valence-electron chi connectivity index (χ2n) is 1.57. The third-order valence-corrected chi connectivity index (χ3v) is 0.824. The van der Waals surface area contributed by atoms with Crippen molar-refractivity contribution < 1.29 is 14.6 Å². The van der Waals surface area contributed by atoms with Crippen LogP contribution in [0.4, 0.5) is 0 Å². The fraction of sp³-hybridized carbons (Fsp3) is 1.00. The van der Waals surface area contributed by atoms with Gasteiger partial charge in [-0.15, -0.1) is 0 Å². The van der Waals surface area contributed by atoms with Gasteiger partial charge in [0.1, 0.15) is 0 Å². The average molecular weight is 134 g/mol. The van der Waals surface area contributed by atoms with Crippen molar-refractivity contribution in [1.29, 1.82) is 0 Å². The Kier molecular flexibility index (Phi) is 5.93. The van der Waals surface area contributed by atoms with Crippen LogP contribution in [0, 0.1) is 0 Å². The Labute approximate surface area is 55.6 Å². The molecule has 0 heterocycles. The topological polar surface area (TPSA) is 38.7 Å². The molecule has 0 aromatic heterocycles. The van der Waals surface area contributed by atoms with E-state index >= 15 is 0 Å².